The number of fused-ring (bicyclic) bond motifs is 1. The number of nitrogens with one attached hydrogen (secondary N) is 2. The predicted molar refractivity (Wildman–Crippen MR) is 98.0 cm³/mol. The molecule has 0 bridgehead atoms. The smallest absolute Gasteiger partial charge is 0.186 e. The van der Waals surface area contributed by atoms with E-state index in [1.54, 1.807) is 44.1 Å². The zero-order chi connectivity index (χ0) is 18.1. The summed E-state index contributed by atoms with van der Waals surface area (Å²) in [6, 6.07) is 7.14. The first kappa shape index (κ1) is 16.3. The summed E-state index contributed by atoms with van der Waals surface area (Å²) in [5.41, 5.74) is 2.75. The third-order valence-corrected chi connectivity index (χ3v) is 4.83. The van der Waals surface area contributed by atoms with Crippen LogP contribution in [0.3, 0.4) is 0 Å². The van der Waals surface area contributed by atoms with Crippen molar-refractivity contribution in [3.8, 4) is 17.0 Å². The number of nitrogens with zero attached hydrogens (tertiary/aromatic N) is 3. The number of anilines is 2. The molecule has 2 N–H and O–H groups in total. The molecule has 9 heteroatoms. The summed E-state index contributed by atoms with van der Waals surface area (Å²) in [7, 11) is 0.462. The van der Waals surface area contributed by atoms with Gasteiger partial charge in [-0.2, -0.15) is 5.10 Å². The molecule has 0 fully saturated rings. The Morgan fingerprint density at radius 1 is 1.27 bits per heavy atom. The van der Waals surface area contributed by atoms with Crippen molar-refractivity contribution in [2.75, 3.05) is 18.7 Å². The van der Waals surface area contributed by atoms with Crippen LogP contribution >= 0.6 is 0 Å². The second kappa shape index (κ2) is 6.60. The van der Waals surface area contributed by atoms with E-state index >= 15 is 0 Å². The molecule has 0 aliphatic heterocycles. The van der Waals surface area contributed by atoms with Gasteiger partial charge in [-0.05, 0) is 24.3 Å². The van der Waals surface area contributed by atoms with Gasteiger partial charge in [0.25, 0.3) is 0 Å². The fourth-order valence-electron chi connectivity index (χ4n) is 2.66. The fraction of sp³-hybridized carbons (Fsp3) is 0.118. The Bertz CT molecular complexity index is 1090. The molecule has 4 rings (SSSR count). The van der Waals surface area contributed by atoms with Crippen LogP contribution < -0.4 is 10.1 Å². The number of aromatic nitrogens is 4. The minimum Gasteiger partial charge on any atom is -0.495 e. The van der Waals surface area contributed by atoms with E-state index in [1.807, 2.05) is 6.07 Å². The molecule has 1 atom stereocenters. The summed E-state index contributed by atoms with van der Waals surface area (Å²) in [4.78, 5) is 9.23. The van der Waals surface area contributed by atoms with Gasteiger partial charge >= 0.3 is 0 Å². The van der Waals surface area contributed by atoms with Gasteiger partial charge in [0.1, 0.15) is 17.9 Å². The van der Waals surface area contributed by atoms with Crippen molar-refractivity contribution in [1.29, 1.82) is 0 Å². The molecular formula is C17H15N5O3S. The fourth-order valence-corrected chi connectivity index (χ4v) is 3.20. The molecule has 1 unspecified atom stereocenters. The first-order valence-electron chi connectivity index (χ1n) is 7.67. The van der Waals surface area contributed by atoms with E-state index in [-0.39, 0.29) is 0 Å². The van der Waals surface area contributed by atoms with Gasteiger partial charge in [0.15, 0.2) is 5.65 Å². The number of methoxy groups -OCH3 is 1. The molecular weight excluding hydrogens is 354 g/mol. The third-order valence-electron chi connectivity index (χ3n) is 3.92. The maximum Gasteiger partial charge on any atom is 0.186 e. The number of H-pyrrole nitrogens is 1. The monoisotopic (exact) mass is 369 g/mol. The van der Waals surface area contributed by atoms with Crippen LogP contribution in [-0.2, 0) is 10.8 Å². The summed E-state index contributed by atoms with van der Waals surface area (Å²) in [6.07, 6.45) is 6.26. The molecule has 0 saturated carbocycles. The highest BCUT2D eigenvalue weighted by Crippen LogP contribution is 2.34. The summed E-state index contributed by atoms with van der Waals surface area (Å²) in [6.45, 7) is 0. The Morgan fingerprint density at radius 2 is 2.15 bits per heavy atom. The van der Waals surface area contributed by atoms with Gasteiger partial charge in [0.2, 0.25) is 0 Å². The SMILES string of the molecule is COc1ccc(S(C)=O)cc1Nc1ncnc2n[nH]c(-c3ccoc3)c12. The summed E-state index contributed by atoms with van der Waals surface area (Å²) < 4.78 is 22.4. The summed E-state index contributed by atoms with van der Waals surface area (Å²) >= 11 is 0. The molecule has 0 spiro atoms. The van der Waals surface area contributed by atoms with Gasteiger partial charge in [-0.3, -0.25) is 9.31 Å². The first-order valence-corrected chi connectivity index (χ1v) is 9.23. The lowest BCUT2D eigenvalue weighted by atomic mass is 10.2. The minimum atomic E-state index is -1.11. The van der Waals surface area contributed by atoms with Crippen LogP contribution in [-0.4, -0.2) is 37.7 Å². The van der Waals surface area contributed by atoms with Crippen LogP contribution in [0.25, 0.3) is 22.3 Å². The largest absolute Gasteiger partial charge is 0.495 e. The van der Waals surface area contributed by atoms with Gasteiger partial charge in [-0.25, -0.2) is 9.97 Å². The van der Waals surface area contributed by atoms with Crippen LogP contribution in [0, 0.1) is 0 Å². The highest BCUT2D eigenvalue weighted by atomic mass is 32.2. The summed E-state index contributed by atoms with van der Waals surface area (Å²) in [5.74, 6) is 1.16. The Hall–Kier alpha value is -3.20. The lowest BCUT2D eigenvalue weighted by Gasteiger charge is -2.12. The molecule has 8 nitrogen and oxygen atoms in total. The topological polar surface area (TPSA) is 106 Å². The highest BCUT2D eigenvalue weighted by molar-refractivity contribution is 7.84. The molecule has 0 radical (unpaired) electrons. The molecule has 132 valence electrons. The van der Waals surface area contributed by atoms with E-state index in [2.05, 4.69) is 25.5 Å². The van der Waals surface area contributed by atoms with Gasteiger partial charge in [-0.15, -0.1) is 0 Å². The van der Waals surface area contributed by atoms with E-state index < -0.39 is 10.8 Å². The number of furan rings is 1. The van der Waals surface area contributed by atoms with Crippen LogP contribution in [0.15, 0.2) is 52.4 Å². The van der Waals surface area contributed by atoms with Crippen LogP contribution in [0.1, 0.15) is 0 Å². The molecule has 1 aromatic carbocycles. The first-order chi connectivity index (χ1) is 12.7. The molecule has 4 aromatic rings. The van der Waals surface area contributed by atoms with Gasteiger partial charge in [0.05, 0.1) is 36.4 Å². The quantitative estimate of drug-likeness (QED) is 0.557. The molecule has 3 aromatic heterocycles. The number of hydrogen-bond donors (Lipinski definition) is 2. The average molecular weight is 369 g/mol. The van der Waals surface area contributed by atoms with Crippen LogP contribution in [0.4, 0.5) is 11.5 Å². The number of ether oxygens (including phenoxy) is 1. The minimum absolute atomic E-state index is 0.521. The Morgan fingerprint density at radius 3 is 2.88 bits per heavy atom. The number of rotatable bonds is 5. The average Bonchev–Trinajstić information content (AvgIpc) is 3.31. The van der Waals surface area contributed by atoms with Crippen LogP contribution in [0.5, 0.6) is 5.75 Å². The van der Waals surface area contributed by atoms with Gasteiger partial charge in [0, 0.05) is 27.5 Å². The zero-order valence-corrected chi connectivity index (χ0v) is 14.8. The van der Waals surface area contributed by atoms with E-state index in [4.69, 9.17) is 9.15 Å². The number of aromatic amines is 1. The number of benzene rings is 1. The molecule has 0 aliphatic carbocycles. The Labute approximate surface area is 151 Å². The molecule has 0 amide bonds. The second-order valence-electron chi connectivity index (χ2n) is 5.47. The molecule has 3 heterocycles. The van der Waals surface area contributed by atoms with Crippen molar-refractivity contribution >= 4 is 33.3 Å². The molecule has 0 aliphatic rings. The maximum absolute atomic E-state index is 11.8. The van der Waals surface area contributed by atoms with E-state index in [1.165, 1.54) is 6.33 Å². The van der Waals surface area contributed by atoms with E-state index in [9.17, 15) is 4.21 Å². The van der Waals surface area contributed by atoms with Crippen molar-refractivity contribution in [3.63, 3.8) is 0 Å². The van der Waals surface area contributed by atoms with E-state index in [0.717, 1.165) is 16.6 Å². The van der Waals surface area contributed by atoms with E-state index in [0.29, 0.717) is 27.8 Å². The number of hydrogen-bond acceptors (Lipinski definition) is 7. The zero-order valence-electron chi connectivity index (χ0n) is 14.0. The molecule has 0 saturated heterocycles. The maximum atomic E-state index is 11.8. The molecule has 26 heavy (non-hydrogen) atoms. The lowest BCUT2D eigenvalue weighted by molar-refractivity contribution is 0.416. The Balaban J connectivity index is 1.85. The van der Waals surface area contributed by atoms with Gasteiger partial charge < -0.3 is 14.5 Å². The second-order valence-corrected chi connectivity index (χ2v) is 6.85. The summed E-state index contributed by atoms with van der Waals surface area (Å²) in [5, 5.41) is 11.2. The van der Waals surface area contributed by atoms with Crippen LogP contribution in [0.2, 0.25) is 0 Å². The van der Waals surface area contributed by atoms with Crippen molar-refractivity contribution in [1.82, 2.24) is 20.2 Å². The van der Waals surface area contributed by atoms with Crippen molar-refractivity contribution in [2.45, 2.75) is 4.90 Å². The van der Waals surface area contributed by atoms with Crippen molar-refractivity contribution in [2.24, 2.45) is 0 Å². The standard InChI is InChI=1S/C17H15N5O3S/c1-24-13-4-3-11(26(2)23)7-12(13)20-16-14-15(10-5-6-25-8-10)21-22-17(14)19-9-18-16/h3-9H,1-2H3,(H2,18,19,20,21,22). The predicted octanol–water partition coefficient (Wildman–Crippen LogP) is 3.10. The van der Waals surface area contributed by atoms with Crippen molar-refractivity contribution < 1.29 is 13.4 Å². The normalized spacial score (nSPS) is 12.2. The lowest BCUT2D eigenvalue weighted by Crippen LogP contribution is -2.00. The third kappa shape index (κ3) is 2.82. The Kier molecular flexibility index (Phi) is 4.13. The highest BCUT2D eigenvalue weighted by Gasteiger charge is 2.16. The van der Waals surface area contributed by atoms with Crippen molar-refractivity contribution in [3.05, 3.63) is 43.1 Å². The van der Waals surface area contributed by atoms with Gasteiger partial charge in [-0.1, -0.05) is 0 Å².